The molecule has 0 bridgehead atoms. The number of cyclic esters (lactones) is 2. The molecule has 1 atom stereocenters. The van der Waals surface area contributed by atoms with Gasteiger partial charge in [0.25, 0.3) is 5.91 Å². The first kappa shape index (κ1) is 13.4. The van der Waals surface area contributed by atoms with E-state index in [1.807, 2.05) is 12.1 Å². The predicted octanol–water partition coefficient (Wildman–Crippen LogP) is 1.96. The fourth-order valence-corrected chi connectivity index (χ4v) is 1.82. The summed E-state index contributed by atoms with van der Waals surface area (Å²) < 4.78 is 9.27. The SMILES string of the molecule is CC(C)c1cccc(CNC(=O)C2COC(=O)O2)c1. The van der Waals surface area contributed by atoms with Gasteiger partial charge in [0.1, 0.15) is 6.61 Å². The lowest BCUT2D eigenvalue weighted by atomic mass is 10.0. The van der Waals surface area contributed by atoms with Crippen molar-refractivity contribution in [1.29, 1.82) is 0 Å². The molecular formula is C14H17NO4. The van der Waals surface area contributed by atoms with Crippen LogP contribution >= 0.6 is 0 Å². The molecular weight excluding hydrogens is 246 g/mol. The summed E-state index contributed by atoms with van der Waals surface area (Å²) >= 11 is 0. The number of rotatable bonds is 4. The monoisotopic (exact) mass is 263 g/mol. The van der Waals surface area contributed by atoms with Crippen molar-refractivity contribution in [3.8, 4) is 0 Å². The Labute approximate surface area is 111 Å². The molecule has 0 aliphatic carbocycles. The van der Waals surface area contributed by atoms with Gasteiger partial charge in [-0.1, -0.05) is 38.1 Å². The minimum atomic E-state index is -0.833. The Hall–Kier alpha value is -2.04. The van der Waals surface area contributed by atoms with Crippen molar-refractivity contribution in [2.75, 3.05) is 6.61 Å². The molecule has 1 saturated heterocycles. The molecule has 0 radical (unpaired) electrons. The average Bonchev–Trinajstić information content (AvgIpc) is 2.83. The third kappa shape index (κ3) is 3.47. The Morgan fingerprint density at radius 2 is 2.26 bits per heavy atom. The van der Waals surface area contributed by atoms with E-state index in [4.69, 9.17) is 4.74 Å². The minimum absolute atomic E-state index is 0.0172. The molecule has 1 aliphatic heterocycles. The molecule has 5 nitrogen and oxygen atoms in total. The van der Waals surface area contributed by atoms with Gasteiger partial charge in [-0.3, -0.25) is 4.79 Å². The van der Waals surface area contributed by atoms with Crippen molar-refractivity contribution in [3.63, 3.8) is 0 Å². The molecule has 5 heteroatoms. The molecule has 1 unspecified atom stereocenters. The van der Waals surface area contributed by atoms with Gasteiger partial charge in [0.15, 0.2) is 0 Å². The fourth-order valence-electron chi connectivity index (χ4n) is 1.82. The van der Waals surface area contributed by atoms with Crippen LogP contribution in [0.15, 0.2) is 24.3 Å². The van der Waals surface area contributed by atoms with Gasteiger partial charge in [0.05, 0.1) is 0 Å². The van der Waals surface area contributed by atoms with E-state index in [1.54, 1.807) is 0 Å². The highest BCUT2D eigenvalue weighted by molar-refractivity contribution is 5.84. The van der Waals surface area contributed by atoms with Crippen LogP contribution in [0.25, 0.3) is 0 Å². The van der Waals surface area contributed by atoms with Crippen LogP contribution in [-0.2, 0) is 20.8 Å². The lowest BCUT2D eigenvalue weighted by Gasteiger charge is -2.10. The smallest absolute Gasteiger partial charge is 0.430 e. The number of hydrogen-bond acceptors (Lipinski definition) is 4. The zero-order valence-corrected chi connectivity index (χ0v) is 11.0. The van der Waals surface area contributed by atoms with Gasteiger partial charge in [0.2, 0.25) is 6.10 Å². The van der Waals surface area contributed by atoms with Crippen molar-refractivity contribution in [1.82, 2.24) is 5.32 Å². The summed E-state index contributed by atoms with van der Waals surface area (Å²) in [6.07, 6.45) is -1.62. The number of benzene rings is 1. The molecule has 1 amide bonds. The standard InChI is InChI=1S/C14H17NO4/c1-9(2)11-5-3-4-10(6-11)7-15-13(16)12-8-18-14(17)19-12/h3-6,9,12H,7-8H2,1-2H3,(H,15,16). The summed E-state index contributed by atoms with van der Waals surface area (Å²) in [7, 11) is 0. The van der Waals surface area contributed by atoms with E-state index in [0.717, 1.165) is 5.56 Å². The van der Waals surface area contributed by atoms with Gasteiger partial charge >= 0.3 is 6.16 Å². The molecule has 1 aromatic rings. The van der Waals surface area contributed by atoms with E-state index in [0.29, 0.717) is 12.5 Å². The van der Waals surface area contributed by atoms with Crippen molar-refractivity contribution in [2.45, 2.75) is 32.4 Å². The van der Waals surface area contributed by atoms with Crippen LogP contribution in [0.4, 0.5) is 4.79 Å². The molecule has 19 heavy (non-hydrogen) atoms. The summed E-state index contributed by atoms with van der Waals surface area (Å²) in [4.78, 5) is 22.4. The van der Waals surface area contributed by atoms with E-state index >= 15 is 0 Å². The molecule has 1 aromatic carbocycles. The summed E-state index contributed by atoms with van der Waals surface area (Å²) in [6, 6.07) is 8.03. The van der Waals surface area contributed by atoms with Crippen LogP contribution in [0.3, 0.4) is 0 Å². The maximum atomic E-state index is 11.7. The zero-order chi connectivity index (χ0) is 13.8. The Balaban J connectivity index is 1.90. The number of nitrogens with one attached hydrogen (secondary N) is 1. The lowest BCUT2D eigenvalue weighted by Crippen LogP contribution is -2.35. The number of ether oxygens (including phenoxy) is 2. The molecule has 0 spiro atoms. The fraction of sp³-hybridized carbons (Fsp3) is 0.429. The van der Waals surface area contributed by atoms with Crippen LogP contribution in [0.1, 0.15) is 30.9 Å². The maximum Gasteiger partial charge on any atom is 0.509 e. The molecule has 1 heterocycles. The largest absolute Gasteiger partial charge is 0.509 e. The van der Waals surface area contributed by atoms with Gasteiger partial charge < -0.3 is 14.8 Å². The number of carbonyl (C=O) groups excluding carboxylic acids is 2. The summed E-state index contributed by atoms with van der Waals surface area (Å²) in [5, 5.41) is 2.73. The normalized spacial score (nSPS) is 18.1. The van der Waals surface area contributed by atoms with E-state index in [2.05, 4.69) is 36.0 Å². The highest BCUT2D eigenvalue weighted by atomic mass is 16.8. The first-order chi connectivity index (χ1) is 9.06. The van der Waals surface area contributed by atoms with Crippen molar-refractivity contribution in [3.05, 3.63) is 35.4 Å². The van der Waals surface area contributed by atoms with Crippen molar-refractivity contribution >= 4 is 12.1 Å². The molecule has 2 rings (SSSR count). The average molecular weight is 263 g/mol. The summed E-state index contributed by atoms with van der Waals surface area (Å²) in [5.74, 6) is 0.112. The van der Waals surface area contributed by atoms with E-state index in [1.165, 1.54) is 5.56 Å². The van der Waals surface area contributed by atoms with Gasteiger partial charge in [0, 0.05) is 6.54 Å². The van der Waals surface area contributed by atoms with Gasteiger partial charge in [-0.15, -0.1) is 0 Å². The molecule has 1 N–H and O–H groups in total. The van der Waals surface area contributed by atoms with Gasteiger partial charge in [-0.25, -0.2) is 4.79 Å². The molecule has 0 aromatic heterocycles. The van der Waals surface area contributed by atoms with Gasteiger partial charge in [-0.2, -0.15) is 0 Å². The van der Waals surface area contributed by atoms with Crippen LogP contribution in [0.5, 0.6) is 0 Å². The Morgan fingerprint density at radius 3 is 2.89 bits per heavy atom. The third-order valence-corrected chi connectivity index (χ3v) is 2.97. The molecule has 102 valence electrons. The van der Waals surface area contributed by atoms with E-state index in [9.17, 15) is 9.59 Å². The summed E-state index contributed by atoms with van der Waals surface area (Å²) in [6.45, 7) is 4.63. The first-order valence-corrected chi connectivity index (χ1v) is 6.26. The quantitative estimate of drug-likeness (QED) is 0.843. The lowest BCUT2D eigenvalue weighted by molar-refractivity contribution is -0.128. The summed E-state index contributed by atoms with van der Waals surface area (Å²) in [5.41, 5.74) is 2.24. The third-order valence-electron chi connectivity index (χ3n) is 2.97. The topological polar surface area (TPSA) is 64.6 Å². The van der Waals surface area contributed by atoms with Crippen LogP contribution in [0, 0.1) is 0 Å². The van der Waals surface area contributed by atoms with E-state index in [-0.39, 0.29) is 12.5 Å². The Morgan fingerprint density at radius 1 is 1.47 bits per heavy atom. The van der Waals surface area contributed by atoms with Crippen LogP contribution < -0.4 is 5.32 Å². The van der Waals surface area contributed by atoms with Crippen molar-refractivity contribution < 1.29 is 19.1 Å². The number of amides is 1. The Bertz CT molecular complexity index is 484. The highest BCUT2D eigenvalue weighted by Gasteiger charge is 2.31. The predicted molar refractivity (Wildman–Crippen MR) is 68.6 cm³/mol. The second-order valence-electron chi connectivity index (χ2n) is 4.79. The number of hydrogen-bond donors (Lipinski definition) is 1. The van der Waals surface area contributed by atoms with Crippen molar-refractivity contribution in [2.24, 2.45) is 0 Å². The number of carbonyl (C=O) groups is 2. The second kappa shape index (κ2) is 5.73. The first-order valence-electron chi connectivity index (χ1n) is 6.26. The Kier molecular flexibility index (Phi) is 4.04. The molecule has 0 saturated carbocycles. The molecule has 1 aliphatic rings. The second-order valence-corrected chi connectivity index (χ2v) is 4.79. The van der Waals surface area contributed by atoms with Gasteiger partial charge in [-0.05, 0) is 17.0 Å². The van der Waals surface area contributed by atoms with E-state index < -0.39 is 12.3 Å². The van der Waals surface area contributed by atoms with Crippen LogP contribution in [0.2, 0.25) is 0 Å². The van der Waals surface area contributed by atoms with Crippen LogP contribution in [-0.4, -0.2) is 24.8 Å². The minimum Gasteiger partial charge on any atom is -0.430 e. The highest BCUT2D eigenvalue weighted by Crippen LogP contribution is 2.15. The molecule has 1 fully saturated rings. The maximum absolute atomic E-state index is 11.7. The zero-order valence-electron chi connectivity index (χ0n) is 11.0.